The van der Waals surface area contributed by atoms with E-state index in [0.717, 1.165) is 64.2 Å². The third-order valence-electron chi connectivity index (χ3n) is 9.51. The van der Waals surface area contributed by atoms with Gasteiger partial charge in [0.15, 0.2) is 6.10 Å². The monoisotopic (exact) mass is 807 g/mol. The first-order valence-electron chi connectivity index (χ1n) is 22.6. The molecular weight excluding hydrogens is 723 g/mol. The Morgan fingerprint density at radius 3 is 1.27 bits per heavy atom. The van der Waals surface area contributed by atoms with Crippen molar-refractivity contribution in [1.29, 1.82) is 0 Å². The molecule has 324 valence electrons. The largest absolute Gasteiger partial charge is 0.469 e. The van der Waals surface area contributed by atoms with E-state index in [-0.39, 0.29) is 19.4 Å². The van der Waals surface area contributed by atoms with Gasteiger partial charge in [-0.2, -0.15) is 0 Å². The van der Waals surface area contributed by atoms with Gasteiger partial charge in [-0.1, -0.05) is 171 Å². The van der Waals surface area contributed by atoms with Gasteiger partial charge in [-0.25, -0.2) is 4.57 Å². The van der Waals surface area contributed by atoms with Crippen LogP contribution in [0.25, 0.3) is 0 Å². The lowest BCUT2D eigenvalue weighted by Gasteiger charge is -2.18. The maximum Gasteiger partial charge on any atom is 0.469 e. The number of unbranched alkanes of at least 4 members (excludes halogenated alkanes) is 21. The van der Waals surface area contributed by atoms with Crippen LogP contribution < -0.4 is 0 Å². The van der Waals surface area contributed by atoms with E-state index >= 15 is 0 Å². The van der Waals surface area contributed by atoms with Crippen molar-refractivity contribution in [3.63, 3.8) is 0 Å². The highest BCUT2D eigenvalue weighted by Crippen LogP contribution is 2.36. The first-order chi connectivity index (χ1) is 27.3. The molecule has 56 heavy (non-hydrogen) atoms. The van der Waals surface area contributed by atoms with Crippen LogP contribution in [0.3, 0.4) is 0 Å². The SMILES string of the molecule is CCCCC/C=C\C/C=C\C/C=C\C/C=C\CCCCCC(=O)OC[C@H](COP(=O)(O)O)OC(=O)CCCCCCCCC/C=C\CCCCCCCCCC. The molecule has 0 amide bonds. The van der Waals surface area contributed by atoms with Gasteiger partial charge in [0.25, 0.3) is 0 Å². The van der Waals surface area contributed by atoms with Crippen molar-refractivity contribution in [3.8, 4) is 0 Å². The maximum atomic E-state index is 12.4. The highest BCUT2D eigenvalue weighted by Gasteiger charge is 2.22. The number of allylic oxidation sites excluding steroid dienone is 10. The lowest BCUT2D eigenvalue weighted by atomic mass is 10.1. The summed E-state index contributed by atoms with van der Waals surface area (Å²) < 4.78 is 26.4. The highest BCUT2D eigenvalue weighted by atomic mass is 31.2. The first-order valence-corrected chi connectivity index (χ1v) is 24.1. The van der Waals surface area contributed by atoms with Gasteiger partial charge in [0.2, 0.25) is 0 Å². The second-order valence-corrected chi connectivity index (χ2v) is 16.3. The van der Waals surface area contributed by atoms with Crippen LogP contribution in [0.5, 0.6) is 0 Å². The van der Waals surface area contributed by atoms with Crippen molar-refractivity contribution in [2.24, 2.45) is 0 Å². The standard InChI is InChI=1S/C47H83O8P/c1-3-5-7-9-11-13-15-17-19-21-23-25-27-29-31-33-35-37-39-41-46(48)53-43-45(44-54-56(50,51)52)55-47(49)42-40-38-36-34-32-30-28-26-24-22-20-18-16-14-12-10-8-6-4-2/h11,13,17,19,22-25,29,31,45H,3-10,12,14-16,18,20-21,26-28,30,32-44H2,1-2H3,(H2,50,51,52)/b13-11-,19-17-,24-22-,25-23-,31-29-/t45-/m1/s1. The van der Waals surface area contributed by atoms with Gasteiger partial charge in [0.1, 0.15) is 6.61 Å². The van der Waals surface area contributed by atoms with E-state index in [1.807, 2.05) is 0 Å². The molecule has 0 radical (unpaired) electrons. The average Bonchev–Trinajstić information content (AvgIpc) is 3.17. The zero-order chi connectivity index (χ0) is 41.1. The molecule has 0 unspecified atom stereocenters. The number of phosphoric acid groups is 1. The first kappa shape index (κ1) is 53.8. The van der Waals surface area contributed by atoms with Crippen molar-refractivity contribution in [3.05, 3.63) is 60.8 Å². The molecule has 0 heterocycles. The maximum absolute atomic E-state index is 12.4. The van der Waals surface area contributed by atoms with E-state index in [0.29, 0.717) is 12.8 Å². The topological polar surface area (TPSA) is 119 Å². The second kappa shape index (κ2) is 42.4. The van der Waals surface area contributed by atoms with Crippen molar-refractivity contribution < 1.29 is 37.9 Å². The van der Waals surface area contributed by atoms with Gasteiger partial charge in [-0.3, -0.25) is 14.1 Å². The Bertz CT molecular complexity index is 1090. The fraction of sp³-hybridized carbons (Fsp3) is 0.745. The molecule has 9 heteroatoms. The van der Waals surface area contributed by atoms with Gasteiger partial charge in [-0.05, 0) is 83.5 Å². The summed E-state index contributed by atoms with van der Waals surface area (Å²) in [7, 11) is -4.77. The van der Waals surface area contributed by atoms with E-state index in [1.54, 1.807) is 0 Å². The number of phosphoric ester groups is 1. The molecule has 1 atom stereocenters. The minimum atomic E-state index is -4.77. The number of ether oxygens (including phenoxy) is 2. The van der Waals surface area contributed by atoms with Crippen LogP contribution in [0, 0.1) is 0 Å². The molecule has 0 saturated heterocycles. The van der Waals surface area contributed by atoms with Crippen LogP contribution in [0.1, 0.15) is 206 Å². The Hall–Kier alpha value is -2.25. The highest BCUT2D eigenvalue weighted by molar-refractivity contribution is 7.46. The van der Waals surface area contributed by atoms with Crippen LogP contribution in [0.2, 0.25) is 0 Å². The Kier molecular flexibility index (Phi) is 40.7. The Balaban J connectivity index is 3.96. The Labute approximate surface area is 343 Å². The van der Waals surface area contributed by atoms with Crippen molar-refractivity contribution in [2.45, 2.75) is 213 Å². The fourth-order valence-electron chi connectivity index (χ4n) is 6.12. The molecule has 0 aromatic heterocycles. The van der Waals surface area contributed by atoms with Crippen LogP contribution >= 0.6 is 7.82 Å². The summed E-state index contributed by atoms with van der Waals surface area (Å²) in [5.41, 5.74) is 0. The molecule has 0 aliphatic carbocycles. The normalized spacial score (nSPS) is 13.0. The minimum Gasteiger partial charge on any atom is -0.462 e. The number of carbonyl (C=O) groups is 2. The average molecular weight is 807 g/mol. The fourth-order valence-corrected chi connectivity index (χ4v) is 6.48. The van der Waals surface area contributed by atoms with E-state index in [2.05, 4.69) is 79.1 Å². The number of hydrogen-bond acceptors (Lipinski definition) is 6. The molecule has 0 spiro atoms. The number of esters is 2. The minimum absolute atomic E-state index is 0.198. The summed E-state index contributed by atoms with van der Waals surface area (Å²) in [6.07, 6.45) is 53.7. The van der Waals surface area contributed by atoms with Crippen molar-refractivity contribution >= 4 is 19.8 Å². The molecule has 0 aliphatic heterocycles. The molecule has 8 nitrogen and oxygen atoms in total. The third-order valence-corrected chi connectivity index (χ3v) is 9.99. The zero-order valence-electron chi connectivity index (χ0n) is 35.8. The lowest BCUT2D eigenvalue weighted by Crippen LogP contribution is -2.29. The summed E-state index contributed by atoms with van der Waals surface area (Å²) in [5.74, 6) is -0.925. The molecule has 0 fully saturated rings. The van der Waals surface area contributed by atoms with Crippen molar-refractivity contribution in [1.82, 2.24) is 0 Å². The van der Waals surface area contributed by atoms with Gasteiger partial charge in [-0.15, -0.1) is 0 Å². The van der Waals surface area contributed by atoms with E-state index in [9.17, 15) is 14.2 Å². The summed E-state index contributed by atoms with van der Waals surface area (Å²) in [5, 5.41) is 0. The van der Waals surface area contributed by atoms with Gasteiger partial charge >= 0.3 is 19.8 Å². The number of hydrogen-bond donors (Lipinski definition) is 2. The molecule has 0 aromatic carbocycles. The molecular formula is C47H83O8P. The molecule has 0 saturated carbocycles. The molecule has 2 N–H and O–H groups in total. The predicted molar refractivity (Wildman–Crippen MR) is 234 cm³/mol. The van der Waals surface area contributed by atoms with E-state index < -0.39 is 32.5 Å². The predicted octanol–water partition coefficient (Wildman–Crippen LogP) is 14.1. The summed E-state index contributed by atoms with van der Waals surface area (Å²) in [4.78, 5) is 42.9. The Morgan fingerprint density at radius 1 is 0.464 bits per heavy atom. The lowest BCUT2D eigenvalue weighted by molar-refractivity contribution is -0.161. The molecule has 0 aliphatic rings. The quantitative estimate of drug-likeness (QED) is 0.0271. The van der Waals surface area contributed by atoms with Crippen LogP contribution in [0.15, 0.2) is 60.8 Å². The van der Waals surface area contributed by atoms with Crippen LogP contribution in [-0.4, -0.2) is 41.0 Å². The Morgan fingerprint density at radius 2 is 0.804 bits per heavy atom. The zero-order valence-corrected chi connectivity index (χ0v) is 36.7. The van der Waals surface area contributed by atoms with Gasteiger partial charge in [0, 0.05) is 12.8 Å². The van der Waals surface area contributed by atoms with E-state index in [1.165, 1.54) is 103 Å². The van der Waals surface area contributed by atoms with Crippen molar-refractivity contribution in [2.75, 3.05) is 13.2 Å². The number of rotatable bonds is 41. The molecule has 0 bridgehead atoms. The van der Waals surface area contributed by atoms with Gasteiger partial charge < -0.3 is 19.3 Å². The number of carbonyl (C=O) groups excluding carboxylic acids is 2. The second-order valence-electron chi connectivity index (χ2n) is 15.0. The van der Waals surface area contributed by atoms with Crippen LogP contribution in [0.4, 0.5) is 0 Å². The smallest absolute Gasteiger partial charge is 0.462 e. The van der Waals surface area contributed by atoms with E-state index in [4.69, 9.17) is 19.3 Å². The van der Waals surface area contributed by atoms with Crippen LogP contribution in [-0.2, 0) is 28.2 Å². The summed E-state index contributed by atoms with van der Waals surface area (Å²) in [6.45, 7) is 3.64. The third kappa shape index (κ3) is 44.5. The summed E-state index contributed by atoms with van der Waals surface area (Å²) in [6, 6.07) is 0. The van der Waals surface area contributed by atoms with Gasteiger partial charge in [0.05, 0.1) is 6.61 Å². The summed E-state index contributed by atoms with van der Waals surface area (Å²) >= 11 is 0. The molecule has 0 aromatic rings. The molecule has 0 rings (SSSR count).